The van der Waals surface area contributed by atoms with Crippen LogP contribution in [0.5, 0.6) is 0 Å². The number of halogens is 4. The van der Waals surface area contributed by atoms with E-state index in [4.69, 9.17) is 16.6 Å². The summed E-state index contributed by atoms with van der Waals surface area (Å²) in [5.41, 5.74) is 0.632. The number of benzene rings is 3. The van der Waals surface area contributed by atoms with Gasteiger partial charge in [-0.1, -0.05) is 29.8 Å². The number of aromatic nitrogens is 2. The number of amides is 2. The number of rotatable bonds is 5. The molecule has 0 saturated carbocycles. The van der Waals surface area contributed by atoms with E-state index >= 15 is 0 Å². The van der Waals surface area contributed by atoms with Gasteiger partial charge in [0.05, 0.1) is 28.2 Å². The number of fused-ring (bicyclic) bond motifs is 1. The molecule has 2 amide bonds. The monoisotopic (exact) mass is 597 g/mol. The van der Waals surface area contributed by atoms with Gasteiger partial charge in [-0.2, -0.15) is 13.2 Å². The summed E-state index contributed by atoms with van der Waals surface area (Å²) in [5.74, 6) is -0.778. The van der Waals surface area contributed by atoms with Crippen molar-refractivity contribution >= 4 is 45.8 Å². The molecule has 1 saturated heterocycles. The number of hydrogen-bond acceptors (Lipinski definition) is 4. The summed E-state index contributed by atoms with van der Waals surface area (Å²) in [6, 6.07) is 12.7. The third-order valence-electron chi connectivity index (χ3n) is 7.53. The molecule has 1 aromatic heterocycles. The Morgan fingerprint density at radius 1 is 1.00 bits per heavy atom. The summed E-state index contributed by atoms with van der Waals surface area (Å²) in [6.07, 6.45) is -2.85. The van der Waals surface area contributed by atoms with Crippen LogP contribution in [0.4, 0.5) is 24.5 Å². The number of H-pyrrole nitrogens is 1. The topological polar surface area (TPSA) is 90.1 Å². The van der Waals surface area contributed by atoms with E-state index in [9.17, 15) is 22.8 Å². The molecule has 1 atom stereocenters. The molecule has 0 radical (unpaired) electrons. The molecule has 0 aliphatic carbocycles. The smallest absolute Gasteiger partial charge is 0.341 e. The fraction of sp³-hybridized carbons (Fsp3) is 0.323. The minimum Gasteiger partial charge on any atom is -0.341 e. The summed E-state index contributed by atoms with van der Waals surface area (Å²) >= 11 is 6.25. The predicted molar refractivity (Wildman–Crippen MR) is 158 cm³/mol. The summed E-state index contributed by atoms with van der Waals surface area (Å²) in [4.78, 5) is 37.2. The molecule has 3 aromatic carbocycles. The van der Waals surface area contributed by atoms with Gasteiger partial charge in [0, 0.05) is 21.9 Å². The second-order valence-corrected chi connectivity index (χ2v) is 11.8. The Bertz CT molecular complexity index is 1680. The number of alkyl halides is 3. The Labute approximate surface area is 246 Å². The van der Waals surface area contributed by atoms with Gasteiger partial charge < -0.3 is 15.6 Å². The zero-order valence-electron chi connectivity index (χ0n) is 23.6. The molecule has 2 heterocycles. The second-order valence-electron chi connectivity index (χ2n) is 11.4. The van der Waals surface area contributed by atoms with Crippen LogP contribution in [0.3, 0.4) is 0 Å². The zero-order valence-corrected chi connectivity index (χ0v) is 24.4. The number of imidazole rings is 1. The Hall–Kier alpha value is -3.89. The summed E-state index contributed by atoms with van der Waals surface area (Å²) in [6.45, 7) is 9.06. The van der Waals surface area contributed by atoms with E-state index in [0.29, 0.717) is 33.1 Å². The quantitative estimate of drug-likeness (QED) is 0.217. The van der Waals surface area contributed by atoms with Gasteiger partial charge in [0.1, 0.15) is 11.3 Å². The Morgan fingerprint density at radius 2 is 1.71 bits per heavy atom. The fourth-order valence-corrected chi connectivity index (χ4v) is 5.63. The number of nitrogens with zero attached hydrogens (tertiary/aromatic N) is 2. The largest absolute Gasteiger partial charge is 0.417 e. The van der Waals surface area contributed by atoms with Gasteiger partial charge >= 0.3 is 6.18 Å². The number of carbonyl (C=O) groups excluding carboxylic acids is 2. The van der Waals surface area contributed by atoms with Gasteiger partial charge in [-0.05, 0) is 89.0 Å². The fourth-order valence-electron chi connectivity index (χ4n) is 5.45. The normalized spacial score (nSPS) is 16.1. The van der Waals surface area contributed by atoms with Gasteiger partial charge in [-0.25, -0.2) is 4.98 Å². The predicted octanol–water partition coefficient (Wildman–Crippen LogP) is 7.98. The van der Waals surface area contributed by atoms with E-state index < -0.39 is 29.1 Å². The van der Waals surface area contributed by atoms with Crippen LogP contribution in [0.1, 0.15) is 77.3 Å². The van der Waals surface area contributed by atoms with Crippen LogP contribution in [0.15, 0.2) is 54.6 Å². The van der Waals surface area contributed by atoms with Crippen molar-refractivity contribution in [3.05, 3.63) is 87.7 Å². The Kier molecular flexibility index (Phi) is 7.80. The minimum atomic E-state index is -4.71. The van der Waals surface area contributed by atoms with Crippen LogP contribution in [-0.2, 0) is 6.18 Å². The van der Waals surface area contributed by atoms with Crippen molar-refractivity contribution in [3.63, 3.8) is 0 Å². The Morgan fingerprint density at radius 3 is 2.43 bits per heavy atom. The number of hydrogen-bond donors (Lipinski definition) is 3. The lowest BCUT2D eigenvalue weighted by Crippen LogP contribution is -2.40. The number of likely N-dealkylation sites (tertiary alicyclic amines) is 1. The highest BCUT2D eigenvalue weighted by atomic mass is 35.5. The van der Waals surface area contributed by atoms with E-state index in [1.54, 1.807) is 31.2 Å². The SMILES string of the molecule is Cc1c(Cl)cccc1NC(=O)c1cc(NC(=O)c2ccccc2C(F)(F)F)cc2[nH]c([C@@H]3CCCN3C(C)(C)C)nc12. The molecular formula is C31H31ClF3N5O2. The maximum absolute atomic E-state index is 13.7. The van der Waals surface area contributed by atoms with Crippen molar-refractivity contribution in [1.29, 1.82) is 0 Å². The summed E-state index contributed by atoms with van der Waals surface area (Å²) < 4.78 is 40.8. The lowest BCUT2D eigenvalue weighted by molar-refractivity contribution is -0.137. The number of nitrogens with one attached hydrogen (secondary N) is 3. The molecule has 0 unspecified atom stereocenters. The van der Waals surface area contributed by atoms with Crippen LogP contribution < -0.4 is 10.6 Å². The van der Waals surface area contributed by atoms with Crippen LogP contribution >= 0.6 is 11.6 Å². The molecule has 5 rings (SSSR count). The van der Waals surface area contributed by atoms with Crippen molar-refractivity contribution in [1.82, 2.24) is 14.9 Å². The first-order valence-electron chi connectivity index (χ1n) is 13.6. The second kappa shape index (κ2) is 11.1. The van der Waals surface area contributed by atoms with Gasteiger partial charge in [-0.15, -0.1) is 0 Å². The maximum atomic E-state index is 13.7. The van der Waals surface area contributed by atoms with Gasteiger partial charge in [0.2, 0.25) is 0 Å². The number of carbonyl (C=O) groups is 2. The molecule has 11 heteroatoms. The van der Waals surface area contributed by atoms with Crippen LogP contribution in [0, 0.1) is 6.92 Å². The minimum absolute atomic E-state index is 0.0137. The average molecular weight is 598 g/mol. The molecule has 0 bridgehead atoms. The maximum Gasteiger partial charge on any atom is 0.417 e. The molecule has 220 valence electrons. The first-order chi connectivity index (χ1) is 19.7. The molecule has 3 N–H and O–H groups in total. The summed E-state index contributed by atoms with van der Waals surface area (Å²) in [7, 11) is 0. The third-order valence-corrected chi connectivity index (χ3v) is 7.94. The zero-order chi connectivity index (χ0) is 30.4. The van der Waals surface area contributed by atoms with Crippen LogP contribution in [0.25, 0.3) is 11.0 Å². The van der Waals surface area contributed by atoms with Gasteiger partial charge in [0.15, 0.2) is 0 Å². The van der Waals surface area contributed by atoms with Crippen LogP contribution in [-0.4, -0.2) is 38.8 Å². The van der Waals surface area contributed by atoms with E-state index in [1.807, 2.05) is 0 Å². The van der Waals surface area contributed by atoms with Crippen molar-refractivity contribution in [2.24, 2.45) is 0 Å². The summed E-state index contributed by atoms with van der Waals surface area (Å²) in [5, 5.41) is 5.90. The highest BCUT2D eigenvalue weighted by molar-refractivity contribution is 6.31. The van der Waals surface area contributed by atoms with Crippen molar-refractivity contribution in [2.45, 2.75) is 58.3 Å². The highest BCUT2D eigenvalue weighted by Gasteiger charge is 2.37. The molecule has 42 heavy (non-hydrogen) atoms. The Balaban J connectivity index is 1.58. The first kappa shape index (κ1) is 29.6. The van der Waals surface area contributed by atoms with Crippen LogP contribution in [0.2, 0.25) is 5.02 Å². The molecule has 1 fully saturated rings. The lowest BCUT2D eigenvalue weighted by Gasteiger charge is -2.36. The standard InChI is InChI=1S/C31H31ClF3N5O2/c1-17-22(32)11-7-12-23(17)38-29(42)20-15-18(36-28(41)19-9-5-6-10-21(19)31(33,34)35)16-24-26(20)39-27(37-24)25-13-8-14-40(25)30(2,3)4/h5-7,9-12,15-16,25H,8,13-14H2,1-4H3,(H,36,41)(H,37,39)(H,38,42)/t25-/m0/s1. The van der Waals surface area contributed by atoms with E-state index in [1.165, 1.54) is 18.2 Å². The molecule has 0 spiro atoms. The third kappa shape index (κ3) is 5.87. The molecular weight excluding hydrogens is 567 g/mol. The average Bonchev–Trinajstić information content (AvgIpc) is 3.58. The molecule has 1 aliphatic heterocycles. The molecule has 1 aliphatic rings. The van der Waals surface area contributed by atoms with Crippen molar-refractivity contribution < 1.29 is 22.8 Å². The van der Waals surface area contributed by atoms with Gasteiger partial charge in [0.25, 0.3) is 11.8 Å². The van der Waals surface area contributed by atoms with E-state index in [-0.39, 0.29) is 22.8 Å². The number of aromatic amines is 1. The molecule has 4 aromatic rings. The van der Waals surface area contributed by atoms with Crippen molar-refractivity contribution in [3.8, 4) is 0 Å². The first-order valence-corrected chi connectivity index (χ1v) is 14.0. The van der Waals surface area contributed by atoms with E-state index in [2.05, 4.69) is 41.3 Å². The highest BCUT2D eigenvalue weighted by Crippen LogP contribution is 2.38. The van der Waals surface area contributed by atoms with E-state index in [0.717, 1.165) is 31.5 Å². The number of anilines is 2. The molecule has 7 nitrogen and oxygen atoms in total. The lowest BCUT2D eigenvalue weighted by atomic mass is 10.0. The van der Waals surface area contributed by atoms with Crippen molar-refractivity contribution in [2.75, 3.05) is 17.2 Å². The van der Waals surface area contributed by atoms with Gasteiger partial charge in [-0.3, -0.25) is 14.5 Å².